The molecule has 4 rings (SSSR count). The Bertz CT molecular complexity index is 870. The molecule has 0 radical (unpaired) electrons. The van der Waals surface area contributed by atoms with Gasteiger partial charge in [-0.25, -0.2) is 0 Å². The molecule has 4 heteroatoms. The van der Waals surface area contributed by atoms with Crippen LogP contribution in [-0.4, -0.2) is 16.0 Å². The maximum atomic E-state index is 6.40. The quantitative estimate of drug-likeness (QED) is 0.614. The van der Waals surface area contributed by atoms with Crippen molar-refractivity contribution in [2.75, 3.05) is 6.54 Å². The number of fused-ring (bicyclic) bond motifs is 1. The summed E-state index contributed by atoms with van der Waals surface area (Å²) < 4.78 is 2.13. The van der Waals surface area contributed by atoms with Crippen LogP contribution in [0.4, 0.5) is 0 Å². The fourth-order valence-corrected chi connectivity index (χ4v) is 3.76. The zero-order chi connectivity index (χ0) is 16.5. The highest BCUT2D eigenvalue weighted by molar-refractivity contribution is 6.43. The summed E-state index contributed by atoms with van der Waals surface area (Å²) in [6.45, 7) is 2.96. The Morgan fingerprint density at radius 2 is 1.71 bits per heavy atom. The predicted octanol–water partition coefficient (Wildman–Crippen LogP) is 5.34. The first-order chi connectivity index (χ1) is 11.7. The Kier molecular flexibility index (Phi) is 4.36. The fourth-order valence-electron chi connectivity index (χ4n) is 3.38. The third-order valence-corrected chi connectivity index (χ3v) is 5.43. The molecule has 3 aromatic rings. The molecule has 0 atom stereocenters. The third-order valence-electron chi connectivity index (χ3n) is 4.62. The van der Waals surface area contributed by atoms with Crippen molar-refractivity contribution >= 4 is 23.2 Å². The molecular formula is C20H18Cl2N2. The zero-order valence-corrected chi connectivity index (χ0v) is 14.8. The minimum absolute atomic E-state index is 0.584. The minimum atomic E-state index is 0.584. The van der Waals surface area contributed by atoms with Crippen LogP contribution in [0.25, 0.3) is 5.69 Å². The second-order valence-electron chi connectivity index (χ2n) is 6.17. The largest absolute Gasteiger partial charge is 0.318 e. The van der Waals surface area contributed by atoms with Gasteiger partial charge in [-0.05, 0) is 41.8 Å². The van der Waals surface area contributed by atoms with E-state index in [2.05, 4.69) is 45.9 Å². The van der Waals surface area contributed by atoms with Gasteiger partial charge in [0.2, 0.25) is 0 Å². The highest BCUT2D eigenvalue weighted by atomic mass is 35.5. The molecule has 0 saturated heterocycles. The molecule has 0 unspecified atom stereocenters. The summed E-state index contributed by atoms with van der Waals surface area (Å²) in [6, 6.07) is 18.7. The van der Waals surface area contributed by atoms with Gasteiger partial charge in [-0.15, -0.1) is 0 Å². The number of benzene rings is 2. The van der Waals surface area contributed by atoms with Gasteiger partial charge >= 0.3 is 0 Å². The second-order valence-corrected chi connectivity index (χ2v) is 6.96. The van der Waals surface area contributed by atoms with Crippen molar-refractivity contribution < 1.29 is 0 Å². The van der Waals surface area contributed by atoms with Gasteiger partial charge in [-0.1, -0.05) is 53.5 Å². The number of nitrogens with zero attached hydrogens (tertiary/aromatic N) is 2. The van der Waals surface area contributed by atoms with Crippen LogP contribution in [0.3, 0.4) is 0 Å². The first-order valence-corrected chi connectivity index (χ1v) is 8.88. The molecule has 2 heterocycles. The molecule has 24 heavy (non-hydrogen) atoms. The van der Waals surface area contributed by atoms with Gasteiger partial charge in [0.15, 0.2) is 0 Å². The van der Waals surface area contributed by atoms with Crippen LogP contribution in [0.15, 0.2) is 60.8 Å². The SMILES string of the molecule is Clc1cccc(-n2cccc2CN2CCc3ccccc3C2)c1Cl. The van der Waals surface area contributed by atoms with E-state index in [-0.39, 0.29) is 0 Å². The van der Waals surface area contributed by atoms with Gasteiger partial charge in [-0.2, -0.15) is 0 Å². The molecule has 0 fully saturated rings. The topological polar surface area (TPSA) is 8.17 Å². The summed E-state index contributed by atoms with van der Waals surface area (Å²) in [4.78, 5) is 2.48. The Morgan fingerprint density at radius 1 is 0.875 bits per heavy atom. The molecule has 2 nitrogen and oxygen atoms in total. The third kappa shape index (κ3) is 2.98. The van der Waals surface area contributed by atoms with Crippen molar-refractivity contribution in [1.82, 2.24) is 9.47 Å². The highest BCUT2D eigenvalue weighted by Crippen LogP contribution is 2.30. The van der Waals surface area contributed by atoms with Crippen molar-refractivity contribution in [2.45, 2.75) is 19.5 Å². The van der Waals surface area contributed by atoms with Crippen molar-refractivity contribution in [1.29, 1.82) is 0 Å². The average molecular weight is 357 g/mol. The molecule has 1 aliphatic rings. The van der Waals surface area contributed by atoms with Gasteiger partial charge in [-0.3, -0.25) is 4.90 Å². The van der Waals surface area contributed by atoms with Crippen molar-refractivity contribution in [3.63, 3.8) is 0 Å². The standard InChI is InChI=1S/C20H18Cl2N2/c21-18-8-3-9-19(20(18)22)24-11-4-7-17(24)14-23-12-10-15-5-1-2-6-16(15)13-23/h1-9,11H,10,12-14H2. The van der Waals surface area contributed by atoms with E-state index in [0.717, 1.165) is 31.7 Å². The lowest BCUT2D eigenvalue weighted by Crippen LogP contribution is -2.30. The van der Waals surface area contributed by atoms with Crippen LogP contribution in [0.1, 0.15) is 16.8 Å². The summed E-state index contributed by atoms with van der Waals surface area (Å²) in [7, 11) is 0. The lowest BCUT2D eigenvalue weighted by molar-refractivity contribution is 0.241. The van der Waals surface area contributed by atoms with Crippen molar-refractivity contribution in [2.24, 2.45) is 0 Å². The number of hydrogen-bond acceptors (Lipinski definition) is 1. The van der Waals surface area contributed by atoms with Crippen LogP contribution in [-0.2, 0) is 19.5 Å². The Balaban J connectivity index is 1.59. The Hall–Kier alpha value is -1.74. The average Bonchev–Trinajstić information content (AvgIpc) is 3.05. The lowest BCUT2D eigenvalue weighted by atomic mass is 10.00. The van der Waals surface area contributed by atoms with Crippen LogP contribution in [0, 0.1) is 0 Å². The number of rotatable bonds is 3. The van der Waals surface area contributed by atoms with Gasteiger partial charge in [0, 0.05) is 31.5 Å². The summed E-state index contributed by atoms with van der Waals surface area (Å²) in [6.07, 6.45) is 3.15. The van der Waals surface area contributed by atoms with Gasteiger partial charge in [0.1, 0.15) is 0 Å². The molecule has 0 saturated carbocycles. The van der Waals surface area contributed by atoms with Gasteiger partial charge < -0.3 is 4.57 Å². The van der Waals surface area contributed by atoms with Gasteiger partial charge in [0.05, 0.1) is 15.7 Å². The van der Waals surface area contributed by atoms with Crippen LogP contribution >= 0.6 is 23.2 Å². The molecule has 0 N–H and O–H groups in total. The lowest BCUT2D eigenvalue weighted by Gasteiger charge is -2.29. The van der Waals surface area contributed by atoms with E-state index in [1.165, 1.54) is 16.8 Å². The van der Waals surface area contributed by atoms with E-state index in [9.17, 15) is 0 Å². The molecule has 1 aliphatic heterocycles. The Morgan fingerprint density at radius 3 is 2.58 bits per heavy atom. The predicted molar refractivity (Wildman–Crippen MR) is 100 cm³/mol. The number of halogens is 2. The van der Waals surface area contributed by atoms with Crippen molar-refractivity contribution in [3.05, 3.63) is 87.7 Å². The molecule has 2 aromatic carbocycles. The molecule has 122 valence electrons. The summed E-state index contributed by atoms with van der Waals surface area (Å²) in [5.41, 5.74) is 5.06. The van der Waals surface area contributed by atoms with Crippen molar-refractivity contribution in [3.8, 4) is 5.69 Å². The molecular weight excluding hydrogens is 339 g/mol. The summed E-state index contributed by atoms with van der Waals surface area (Å²) >= 11 is 12.6. The normalized spacial score (nSPS) is 14.6. The maximum absolute atomic E-state index is 6.40. The van der Waals surface area contributed by atoms with E-state index < -0.39 is 0 Å². The van der Waals surface area contributed by atoms with E-state index in [0.29, 0.717) is 10.0 Å². The summed E-state index contributed by atoms with van der Waals surface area (Å²) in [5, 5.41) is 1.18. The Labute approximate surface area is 152 Å². The van der Waals surface area contributed by atoms with E-state index >= 15 is 0 Å². The smallest absolute Gasteiger partial charge is 0.0832 e. The maximum Gasteiger partial charge on any atom is 0.0832 e. The van der Waals surface area contributed by atoms with Crippen LogP contribution in [0.5, 0.6) is 0 Å². The molecule has 0 spiro atoms. The number of aromatic nitrogens is 1. The fraction of sp³-hybridized carbons (Fsp3) is 0.200. The molecule has 0 bridgehead atoms. The molecule has 1 aromatic heterocycles. The molecule has 0 aliphatic carbocycles. The van der Waals surface area contributed by atoms with E-state index in [1.807, 2.05) is 24.4 Å². The van der Waals surface area contributed by atoms with Crippen LogP contribution < -0.4 is 0 Å². The molecule has 0 amide bonds. The minimum Gasteiger partial charge on any atom is -0.318 e. The monoisotopic (exact) mass is 356 g/mol. The van der Waals surface area contributed by atoms with Gasteiger partial charge in [0.25, 0.3) is 0 Å². The second kappa shape index (κ2) is 6.64. The zero-order valence-electron chi connectivity index (χ0n) is 13.3. The first-order valence-electron chi connectivity index (χ1n) is 8.12. The highest BCUT2D eigenvalue weighted by Gasteiger charge is 2.18. The van der Waals surface area contributed by atoms with Crippen LogP contribution in [0.2, 0.25) is 10.0 Å². The first kappa shape index (κ1) is 15.8. The van der Waals surface area contributed by atoms with E-state index in [4.69, 9.17) is 23.2 Å². The number of hydrogen-bond donors (Lipinski definition) is 0. The van der Waals surface area contributed by atoms with E-state index in [1.54, 1.807) is 0 Å². The summed E-state index contributed by atoms with van der Waals surface area (Å²) in [5.74, 6) is 0.